The van der Waals surface area contributed by atoms with Crippen molar-refractivity contribution in [2.24, 2.45) is 13.0 Å². The number of benzene rings is 1. The quantitative estimate of drug-likeness (QED) is 0.668. The number of hydrogen-bond acceptors (Lipinski definition) is 4. The summed E-state index contributed by atoms with van der Waals surface area (Å²) in [6.45, 7) is 7.69. The summed E-state index contributed by atoms with van der Waals surface area (Å²) in [7, 11) is 1.76. The monoisotopic (exact) mass is 379 g/mol. The third-order valence-electron chi connectivity index (χ3n) is 4.64. The second kappa shape index (κ2) is 7.80. The molecule has 2 aromatic heterocycles. The number of Topliss-reactive ketones (excluding diaryl/α,β-unsaturated/α-hetero) is 1. The minimum absolute atomic E-state index is 0.0765. The van der Waals surface area contributed by atoms with E-state index >= 15 is 0 Å². The third kappa shape index (κ3) is 3.88. The Labute approximate surface area is 164 Å². The number of rotatable bonds is 6. The van der Waals surface area contributed by atoms with Gasteiger partial charge in [-0.2, -0.15) is 5.10 Å². The van der Waals surface area contributed by atoms with E-state index in [0.717, 1.165) is 17.1 Å². The van der Waals surface area contributed by atoms with Gasteiger partial charge in [-0.05, 0) is 44.0 Å². The van der Waals surface area contributed by atoms with Crippen LogP contribution in [0.25, 0.3) is 5.69 Å². The normalized spacial score (nSPS) is 12.2. The fourth-order valence-electron chi connectivity index (χ4n) is 3.17. The molecule has 0 bridgehead atoms. The second-order valence-corrected chi connectivity index (χ2v) is 7.31. The van der Waals surface area contributed by atoms with E-state index in [1.54, 1.807) is 40.8 Å². The largest absolute Gasteiger partial charge is 0.341 e. The van der Waals surface area contributed by atoms with E-state index in [4.69, 9.17) is 0 Å². The lowest BCUT2D eigenvalue weighted by Crippen LogP contribution is -2.45. The van der Waals surface area contributed by atoms with Crippen molar-refractivity contribution in [3.8, 4) is 5.69 Å². The number of aromatic nitrogens is 4. The van der Waals surface area contributed by atoms with Crippen molar-refractivity contribution < 1.29 is 9.59 Å². The molecule has 146 valence electrons. The Morgan fingerprint density at radius 3 is 2.46 bits per heavy atom. The number of imidazole rings is 1. The molecule has 0 saturated carbocycles. The zero-order valence-corrected chi connectivity index (χ0v) is 16.8. The number of nitrogens with one attached hydrogen (secondary N) is 1. The van der Waals surface area contributed by atoms with Gasteiger partial charge in [-0.3, -0.25) is 9.59 Å². The highest BCUT2D eigenvalue weighted by Crippen LogP contribution is 2.15. The number of carbonyl (C=O) groups excluding carboxylic acids is 2. The summed E-state index contributed by atoms with van der Waals surface area (Å²) in [6.07, 6.45) is 3.29. The highest BCUT2D eigenvalue weighted by molar-refractivity contribution is 6.02. The van der Waals surface area contributed by atoms with Gasteiger partial charge in [-0.15, -0.1) is 0 Å². The summed E-state index contributed by atoms with van der Waals surface area (Å²) in [4.78, 5) is 29.8. The van der Waals surface area contributed by atoms with Gasteiger partial charge in [0.25, 0.3) is 5.91 Å². The molecule has 1 N–H and O–H groups in total. The SMILES string of the molecule is Cc1cc(C)n(-c2cccc(C(=O)NC(C(=O)c3nccn3C)C(C)C)c2)n1. The van der Waals surface area contributed by atoms with E-state index in [2.05, 4.69) is 15.4 Å². The molecule has 1 amide bonds. The highest BCUT2D eigenvalue weighted by Gasteiger charge is 2.28. The van der Waals surface area contributed by atoms with Crippen LogP contribution >= 0.6 is 0 Å². The topological polar surface area (TPSA) is 81.8 Å². The van der Waals surface area contributed by atoms with Gasteiger partial charge < -0.3 is 9.88 Å². The Hall–Kier alpha value is -3.22. The molecule has 0 saturated heterocycles. The van der Waals surface area contributed by atoms with Crippen LogP contribution in [0, 0.1) is 19.8 Å². The van der Waals surface area contributed by atoms with Crippen LogP contribution in [-0.4, -0.2) is 37.1 Å². The van der Waals surface area contributed by atoms with Crippen LogP contribution < -0.4 is 5.32 Å². The predicted molar refractivity (Wildman–Crippen MR) is 107 cm³/mol. The zero-order valence-electron chi connectivity index (χ0n) is 16.8. The molecular weight excluding hydrogens is 354 g/mol. The van der Waals surface area contributed by atoms with Crippen molar-refractivity contribution >= 4 is 11.7 Å². The fraction of sp³-hybridized carbons (Fsp3) is 0.333. The number of aryl methyl sites for hydroxylation is 3. The number of amides is 1. The number of hydrogen-bond donors (Lipinski definition) is 1. The van der Waals surface area contributed by atoms with Crippen LogP contribution in [-0.2, 0) is 7.05 Å². The smallest absolute Gasteiger partial charge is 0.251 e. The average molecular weight is 379 g/mol. The summed E-state index contributed by atoms with van der Waals surface area (Å²) < 4.78 is 3.46. The van der Waals surface area contributed by atoms with E-state index in [-0.39, 0.29) is 17.6 Å². The number of carbonyl (C=O) groups is 2. The Balaban J connectivity index is 1.85. The lowest BCUT2D eigenvalue weighted by Gasteiger charge is -2.21. The lowest BCUT2D eigenvalue weighted by atomic mass is 9.98. The highest BCUT2D eigenvalue weighted by atomic mass is 16.2. The van der Waals surface area contributed by atoms with Crippen molar-refractivity contribution in [3.63, 3.8) is 0 Å². The minimum Gasteiger partial charge on any atom is -0.341 e. The van der Waals surface area contributed by atoms with E-state index in [1.807, 2.05) is 45.9 Å². The Morgan fingerprint density at radius 1 is 1.14 bits per heavy atom. The van der Waals surface area contributed by atoms with Gasteiger partial charge in [0, 0.05) is 30.7 Å². The van der Waals surface area contributed by atoms with E-state index in [9.17, 15) is 9.59 Å². The molecule has 7 heteroatoms. The summed E-state index contributed by atoms with van der Waals surface area (Å²) in [5.74, 6) is -0.252. The van der Waals surface area contributed by atoms with Crippen LogP contribution in [0.3, 0.4) is 0 Å². The molecule has 7 nitrogen and oxygen atoms in total. The Morgan fingerprint density at radius 2 is 1.89 bits per heavy atom. The van der Waals surface area contributed by atoms with Crippen LogP contribution in [0.2, 0.25) is 0 Å². The van der Waals surface area contributed by atoms with Crippen molar-refractivity contribution in [1.82, 2.24) is 24.6 Å². The Bertz CT molecular complexity index is 1020. The zero-order chi connectivity index (χ0) is 20.4. The summed E-state index contributed by atoms with van der Waals surface area (Å²) in [5.41, 5.74) is 3.17. The third-order valence-corrected chi connectivity index (χ3v) is 4.64. The van der Waals surface area contributed by atoms with Gasteiger partial charge >= 0.3 is 0 Å². The number of nitrogens with zero attached hydrogens (tertiary/aromatic N) is 4. The maximum absolute atomic E-state index is 12.9. The predicted octanol–water partition coefficient (Wildman–Crippen LogP) is 2.86. The van der Waals surface area contributed by atoms with Crippen molar-refractivity contribution in [2.75, 3.05) is 0 Å². The van der Waals surface area contributed by atoms with E-state index in [1.165, 1.54) is 0 Å². The summed E-state index contributed by atoms with van der Waals surface area (Å²) in [5, 5.41) is 7.34. The van der Waals surface area contributed by atoms with Gasteiger partial charge in [0.2, 0.25) is 5.78 Å². The molecule has 0 aliphatic carbocycles. The fourth-order valence-corrected chi connectivity index (χ4v) is 3.17. The lowest BCUT2D eigenvalue weighted by molar-refractivity contribution is 0.0823. The first-order chi connectivity index (χ1) is 13.3. The van der Waals surface area contributed by atoms with Crippen LogP contribution in [0.4, 0.5) is 0 Å². The molecule has 1 aromatic carbocycles. The van der Waals surface area contributed by atoms with E-state index < -0.39 is 6.04 Å². The van der Waals surface area contributed by atoms with Gasteiger partial charge in [0.15, 0.2) is 5.82 Å². The molecule has 1 atom stereocenters. The van der Waals surface area contributed by atoms with Gasteiger partial charge in [0.1, 0.15) is 0 Å². The minimum atomic E-state index is -0.661. The molecule has 0 aliphatic rings. The van der Waals surface area contributed by atoms with Crippen molar-refractivity contribution in [1.29, 1.82) is 0 Å². The van der Waals surface area contributed by atoms with Gasteiger partial charge in [-0.1, -0.05) is 19.9 Å². The molecule has 3 aromatic rings. The maximum Gasteiger partial charge on any atom is 0.251 e. The molecular formula is C21H25N5O2. The van der Waals surface area contributed by atoms with Crippen molar-refractivity contribution in [2.45, 2.75) is 33.7 Å². The first-order valence-electron chi connectivity index (χ1n) is 9.24. The van der Waals surface area contributed by atoms with Gasteiger partial charge in [0.05, 0.1) is 17.4 Å². The first-order valence-corrected chi connectivity index (χ1v) is 9.24. The molecule has 3 rings (SSSR count). The summed E-state index contributed by atoms with van der Waals surface area (Å²) in [6, 6.07) is 8.53. The summed E-state index contributed by atoms with van der Waals surface area (Å²) >= 11 is 0. The Kier molecular flexibility index (Phi) is 5.44. The molecule has 1 unspecified atom stereocenters. The first kappa shape index (κ1) is 19.5. The average Bonchev–Trinajstić information content (AvgIpc) is 3.23. The van der Waals surface area contributed by atoms with Crippen LogP contribution in [0.15, 0.2) is 42.7 Å². The van der Waals surface area contributed by atoms with Gasteiger partial charge in [-0.25, -0.2) is 9.67 Å². The molecule has 0 spiro atoms. The molecule has 28 heavy (non-hydrogen) atoms. The van der Waals surface area contributed by atoms with E-state index in [0.29, 0.717) is 11.4 Å². The molecule has 0 fully saturated rings. The molecule has 2 heterocycles. The second-order valence-electron chi connectivity index (χ2n) is 7.31. The maximum atomic E-state index is 12.9. The number of ketones is 1. The molecule has 0 aliphatic heterocycles. The van der Waals surface area contributed by atoms with Crippen molar-refractivity contribution in [3.05, 3.63) is 65.5 Å². The van der Waals surface area contributed by atoms with Crippen LogP contribution in [0.5, 0.6) is 0 Å². The standard InChI is InChI=1S/C21H25N5O2/c1-13(2)18(19(27)20-22-9-10-25(20)5)23-21(28)16-7-6-8-17(12-16)26-15(4)11-14(3)24-26/h6-13,18H,1-5H3,(H,23,28). The van der Waals surface area contributed by atoms with Crippen LogP contribution in [0.1, 0.15) is 46.2 Å². The molecule has 0 radical (unpaired) electrons.